The maximum absolute atomic E-state index is 12.2. The van der Waals surface area contributed by atoms with Crippen LogP contribution in [0.5, 0.6) is 0 Å². The molecule has 0 aromatic rings. The van der Waals surface area contributed by atoms with Crippen molar-refractivity contribution in [1.82, 2.24) is 4.72 Å². The summed E-state index contributed by atoms with van der Waals surface area (Å²) in [6.07, 6.45) is 26.9. The number of unbranched alkanes of at least 4 members (excludes halogenated alkanes) is 1. The molecule has 212 valence electrons. The largest absolute Gasteiger partial charge is 0.377 e. The highest BCUT2D eigenvalue weighted by molar-refractivity contribution is 7.93. The van der Waals surface area contributed by atoms with E-state index in [9.17, 15) is 13.2 Å². The summed E-state index contributed by atoms with van der Waals surface area (Å²) in [7, 11) is -3.58. The Balaban J connectivity index is 0. The lowest BCUT2D eigenvalue weighted by molar-refractivity contribution is -0.111. The van der Waals surface area contributed by atoms with Gasteiger partial charge in [-0.05, 0) is 44.4 Å². The predicted molar refractivity (Wildman–Crippen MR) is 166 cm³/mol. The molecule has 1 rings (SSSR count). The van der Waals surface area contributed by atoms with Crippen molar-refractivity contribution in [1.29, 1.82) is 0 Å². The second-order valence-corrected chi connectivity index (χ2v) is 9.65. The smallest absolute Gasteiger partial charge is 0.258 e. The van der Waals surface area contributed by atoms with Gasteiger partial charge in [0.05, 0.1) is 11.5 Å². The first-order valence-electron chi connectivity index (χ1n) is 13.0. The number of hydrogen-bond acceptors (Lipinski definition) is 4. The van der Waals surface area contributed by atoms with Gasteiger partial charge >= 0.3 is 0 Å². The lowest BCUT2D eigenvalue weighted by Gasteiger charge is -2.10. The van der Waals surface area contributed by atoms with E-state index >= 15 is 0 Å². The number of sulfonamides is 1. The van der Waals surface area contributed by atoms with Crippen LogP contribution in [0.3, 0.4) is 0 Å². The molecular weight excluding hydrogens is 518 g/mol. The van der Waals surface area contributed by atoms with Crippen LogP contribution in [0.25, 0.3) is 0 Å². The zero-order valence-electron chi connectivity index (χ0n) is 23.5. The van der Waals surface area contributed by atoms with Crippen molar-refractivity contribution in [3.8, 4) is 0 Å². The van der Waals surface area contributed by atoms with Crippen molar-refractivity contribution in [2.24, 2.45) is 0 Å². The SMILES string of the molecule is C=C/C=C(\C)NS(=O)(=O)/C(=C/C=C)C/C=C\COCCCC.CC.O=C(/C=C/CCl)C1=C/CC\C=C/C=C\1. The standard InChI is InChI=1S/C17H27NO3S.C12H13ClO.C2H6/c1-5-8-14-21-15-10-9-13-17(12-7-3)22(19,20)18-16(4)11-6-2;13-10-6-9-12(14)11-7-4-2-1-3-5-8-11;1-2/h6-7,9-12,18H,2-3,5,8,13-15H2,1,4H3;1-2,4,6-9H,3,5,10H2;1-2H3/b10-9-,16-11+,17-12+;2-1-,7-4-,9-6+,11-8+;. The summed E-state index contributed by atoms with van der Waals surface area (Å²) in [4.78, 5) is 11.8. The topological polar surface area (TPSA) is 72.5 Å². The molecule has 1 aliphatic rings. The Hall–Kier alpha value is -2.67. The minimum absolute atomic E-state index is 0.0252. The normalized spacial score (nSPS) is 17.0. The number of ether oxygens (including phenoxy) is 1. The summed E-state index contributed by atoms with van der Waals surface area (Å²) >= 11 is 5.46. The molecule has 0 aromatic heterocycles. The van der Waals surface area contributed by atoms with Gasteiger partial charge in [-0.25, -0.2) is 8.42 Å². The molecule has 0 unspecified atom stereocenters. The number of halogens is 1. The molecule has 0 radical (unpaired) electrons. The fraction of sp³-hybridized carbons (Fsp3) is 0.387. The van der Waals surface area contributed by atoms with Crippen LogP contribution in [-0.2, 0) is 19.6 Å². The Bertz CT molecular complexity index is 997. The second-order valence-electron chi connectivity index (χ2n) is 7.61. The van der Waals surface area contributed by atoms with E-state index in [4.69, 9.17) is 16.3 Å². The van der Waals surface area contributed by atoms with Crippen molar-refractivity contribution in [3.05, 3.63) is 108 Å². The Morgan fingerprint density at radius 2 is 1.82 bits per heavy atom. The fourth-order valence-electron chi connectivity index (χ4n) is 2.72. The van der Waals surface area contributed by atoms with Gasteiger partial charge < -0.3 is 4.74 Å². The number of alkyl halides is 1. The molecule has 0 fully saturated rings. The maximum Gasteiger partial charge on any atom is 0.258 e. The molecule has 0 spiro atoms. The van der Waals surface area contributed by atoms with E-state index in [1.807, 2.05) is 44.2 Å². The number of carbonyl (C=O) groups excluding carboxylic acids is 1. The Labute approximate surface area is 236 Å². The summed E-state index contributed by atoms with van der Waals surface area (Å²) in [5.41, 5.74) is 1.26. The molecule has 1 N–H and O–H groups in total. The first kappa shape index (κ1) is 37.5. The van der Waals surface area contributed by atoms with Gasteiger partial charge in [0.15, 0.2) is 5.78 Å². The van der Waals surface area contributed by atoms with E-state index in [1.54, 1.807) is 25.2 Å². The predicted octanol–water partition coefficient (Wildman–Crippen LogP) is 8.04. The molecule has 0 amide bonds. The third kappa shape index (κ3) is 20.4. The number of hydrogen-bond donors (Lipinski definition) is 1. The number of carbonyl (C=O) groups is 1. The van der Waals surface area contributed by atoms with Crippen LogP contribution in [-0.4, -0.2) is 33.3 Å². The first-order valence-corrected chi connectivity index (χ1v) is 15.0. The molecule has 0 saturated carbocycles. The third-order valence-corrected chi connectivity index (χ3v) is 6.28. The van der Waals surface area contributed by atoms with Crippen molar-refractivity contribution < 1.29 is 17.9 Å². The highest BCUT2D eigenvalue weighted by atomic mass is 35.5. The fourth-order valence-corrected chi connectivity index (χ4v) is 4.02. The summed E-state index contributed by atoms with van der Waals surface area (Å²) < 4.78 is 32.4. The van der Waals surface area contributed by atoms with Crippen molar-refractivity contribution in [2.45, 2.75) is 59.8 Å². The zero-order chi connectivity index (χ0) is 29.1. The Morgan fingerprint density at radius 3 is 2.45 bits per heavy atom. The molecule has 38 heavy (non-hydrogen) atoms. The monoisotopic (exact) mass is 563 g/mol. The van der Waals surface area contributed by atoms with Crippen LogP contribution in [0.4, 0.5) is 0 Å². The van der Waals surface area contributed by atoms with Gasteiger partial charge in [-0.15, -0.1) is 11.6 Å². The second kappa shape index (κ2) is 26.0. The van der Waals surface area contributed by atoms with E-state index in [1.165, 1.54) is 24.3 Å². The Morgan fingerprint density at radius 1 is 1.11 bits per heavy atom. The molecule has 0 heterocycles. The number of allylic oxidation sites excluding steroid dienone is 15. The van der Waals surface area contributed by atoms with E-state index < -0.39 is 10.0 Å². The molecule has 0 aliphatic heterocycles. The number of nitrogens with one attached hydrogen (secondary N) is 1. The van der Waals surface area contributed by atoms with Gasteiger partial charge in [-0.3, -0.25) is 9.52 Å². The molecule has 5 nitrogen and oxygen atoms in total. The lowest BCUT2D eigenvalue weighted by Crippen LogP contribution is -2.23. The van der Waals surface area contributed by atoms with Crippen LogP contribution in [0.2, 0.25) is 0 Å². The molecular formula is C31H46ClNO4S. The highest BCUT2D eigenvalue weighted by Gasteiger charge is 2.15. The zero-order valence-corrected chi connectivity index (χ0v) is 25.1. The molecule has 1 aliphatic carbocycles. The van der Waals surface area contributed by atoms with E-state index in [-0.39, 0.29) is 10.7 Å². The van der Waals surface area contributed by atoms with Crippen molar-refractivity contribution in [3.63, 3.8) is 0 Å². The highest BCUT2D eigenvalue weighted by Crippen LogP contribution is 2.13. The van der Waals surface area contributed by atoms with Gasteiger partial charge in [0.25, 0.3) is 10.0 Å². The summed E-state index contributed by atoms with van der Waals surface area (Å²) in [5.74, 6) is 0.403. The van der Waals surface area contributed by atoms with Crippen LogP contribution >= 0.6 is 11.6 Å². The first-order chi connectivity index (χ1) is 18.3. The van der Waals surface area contributed by atoms with Gasteiger partial charge in [-0.2, -0.15) is 0 Å². The lowest BCUT2D eigenvalue weighted by atomic mass is 10.1. The molecule has 0 saturated heterocycles. The number of ketones is 1. The third-order valence-electron chi connectivity index (χ3n) is 4.52. The van der Waals surface area contributed by atoms with Crippen LogP contribution in [0.15, 0.2) is 108 Å². The van der Waals surface area contributed by atoms with Crippen LogP contribution < -0.4 is 4.72 Å². The molecule has 0 atom stereocenters. The van der Waals surface area contributed by atoms with Gasteiger partial charge in [0.1, 0.15) is 0 Å². The molecule has 7 heteroatoms. The number of rotatable bonds is 15. The quantitative estimate of drug-likeness (QED) is 0.0719. The average Bonchev–Trinajstić information content (AvgIpc) is 2.87. The summed E-state index contributed by atoms with van der Waals surface area (Å²) in [6.45, 7) is 16.1. The molecule has 0 aromatic carbocycles. The Kier molecular flexibility index (Phi) is 25.6. The van der Waals surface area contributed by atoms with Crippen LogP contribution in [0.1, 0.15) is 59.8 Å². The van der Waals surface area contributed by atoms with Gasteiger partial charge in [0, 0.05) is 30.2 Å². The van der Waals surface area contributed by atoms with Gasteiger partial charge in [0.2, 0.25) is 0 Å². The molecule has 0 bridgehead atoms. The minimum atomic E-state index is -3.58. The van der Waals surface area contributed by atoms with Crippen LogP contribution in [0, 0.1) is 0 Å². The summed E-state index contributed by atoms with van der Waals surface area (Å²) in [6, 6.07) is 0. The summed E-state index contributed by atoms with van der Waals surface area (Å²) in [5, 5.41) is 0. The minimum Gasteiger partial charge on any atom is -0.377 e. The van der Waals surface area contributed by atoms with Gasteiger partial charge in [-0.1, -0.05) is 101 Å². The van der Waals surface area contributed by atoms with E-state index in [0.29, 0.717) is 24.6 Å². The van der Waals surface area contributed by atoms with E-state index in [2.05, 4.69) is 30.9 Å². The van der Waals surface area contributed by atoms with E-state index in [0.717, 1.165) is 37.9 Å². The maximum atomic E-state index is 12.2. The average molecular weight is 564 g/mol. The van der Waals surface area contributed by atoms with Crippen molar-refractivity contribution >= 4 is 27.4 Å². The van der Waals surface area contributed by atoms with Crippen molar-refractivity contribution in [2.75, 3.05) is 19.1 Å².